The Bertz CT molecular complexity index is 337. The minimum atomic E-state index is 0.352. The highest BCUT2D eigenvalue weighted by Crippen LogP contribution is 2.17. The third-order valence-electron chi connectivity index (χ3n) is 2.66. The van der Waals surface area contributed by atoms with Gasteiger partial charge in [-0.25, -0.2) is 9.97 Å². The number of nitrogens with zero attached hydrogens (tertiary/aromatic N) is 2. The molecule has 0 bridgehead atoms. The van der Waals surface area contributed by atoms with Crippen LogP contribution < -0.4 is 5.32 Å². The highest BCUT2D eigenvalue weighted by Gasteiger charge is 2.18. The van der Waals surface area contributed by atoms with Gasteiger partial charge in [-0.3, -0.25) is 4.79 Å². The first-order valence-corrected chi connectivity index (χ1v) is 5.31. The summed E-state index contributed by atoms with van der Waals surface area (Å²) in [6.45, 7) is 1.96. The molecular weight excluding hydrogens is 190 g/mol. The summed E-state index contributed by atoms with van der Waals surface area (Å²) < 4.78 is 0. The van der Waals surface area contributed by atoms with Crippen molar-refractivity contribution in [2.45, 2.75) is 38.6 Å². The summed E-state index contributed by atoms with van der Waals surface area (Å²) in [5.41, 5.74) is 1.05. The first-order valence-electron chi connectivity index (χ1n) is 5.31. The van der Waals surface area contributed by atoms with Gasteiger partial charge in [-0.15, -0.1) is 0 Å². The van der Waals surface area contributed by atoms with Gasteiger partial charge in [0, 0.05) is 31.3 Å². The molecule has 1 aromatic rings. The molecule has 1 N–H and O–H groups in total. The van der Waals surface area contributed by atoms with Crippen molar-refractivity contribution < 1.29 is 4.79 Å². The SMILES string of the molecule is Cc1cnc(NC2CCC(=O)CC2)nc1. The average molecular weight is 205 g/mol. The second-order valence-electron chi connectivity index (χ2n) is 4.04. The largest absolute Gasteiger partial charge is 0.351 e. The highest BCUT2D eigenvalue weighted by atomic mass is 16.1. The summed E-state index contributed by atoms with van der Waals surface area (Å²) in [6.07, 6.45) is 6.76. The number of carbonyl (C=O) groups is 1. The monoisotopic (exact) mass is 205 g/mol. The molecule has 0 amide bonds. The number of hydrogen-bond acceptors (Lipinski definition) is 4. The van der Waals surface area contributed by atoms with Crippen molar-refractivity contribution in [3.63, 3.8) is 0 Å². The number of rotatable bonds is 2. The van der Waals surface area contributed by atoms with E-state index in [1.807, 2.05) is 6.92 Å². The molecule has 15 heavy (non-hydrogen) atoms. The smallest absolute Gasteiger partial charge is 0.222 e. The van der Waals surface area contributed by atoms with Crippen LogP contribution in [0.1, 0.15) is 31.2 Å². The molecule has 1 aliphatic rings. The zero-order chi connectivity index (χ0) is 10.7. The van der Waals surface area contributed by atoms with Gasteiger partial charge in [0.15, 0.2) is 0 Å². The molecule has 0 aromatic carbocycles. The molecule has 1 heterocycles. The Morgan fingerprint density at radius 2 is 1.87 bits per heavy atom. The molecule has 0 unspecified atom stereocenters. The van der Waals surface area contributed by atoms with Crippen LogP contribution in [0, 0.1) is 6.92 Å². The third kappa shape index (κ3) is 2.75. The fourth-order valence-corrected chi connectivity index (χ4v) is 1.73. The Hall–Kier alpha value is -1.45. The van der Waals surface area contributed by atoms with Crippen molar-refractivity contribution in [3.05, 3.63) is 18.0 Å². The molecule has 0 radical (unpaired) electrons. The van der Waals surface area contributed by atoms with Crippen LogP contribution in [-0.2, 0) is 4.79 Å². The first-order chi connectivity index (χ1) is 7.24. The van der Waals surface area contributed by atoms with E-state index in [2.05, 4.69) is 15.3 Å². The molecule has 80 valence electrons. The Labute approximate surface area is 89.1 Å². The van der Waals surface area contributed by atoms with Crippen molar-refractivity contribution >= 4 is 11.7 Å². The van der Waals surface area contributed by atoms with Gasteiger partial charge >= 0.3 is 0 Å². The van der Waals surface area contributed by atoms with E-state index in [4.69, 9.17) is 0 Å². The minimum Gasteiger partial charge on any atom is -0.351 e. The second kappa shape index (κ2) is 4.38. The van der Waals surface area contributed by atoms with Gasteiger partial charge in [-0.2, -0.15) is 0 Å². The van der Waals surface area contributed by atoms with Crippen molar-refractivity contribution in [2.24, 2.45) is 0 Å². The number of hydrogen-bond donors (Lipinski definition) is 1. The van der Waals surface area contributed by atoms with Crippen LogP contribution in [0.4, 0.5) is 5.95 Å². The lowest BCUT2D eigenvalue weighted by Crippen LogP contribution is -2.26. The lowest BCUT2D eigenvalue weighted by molar-refractivity contribution is -0.120. The lowest BCUT2D eigenvalue weighted by atomic mass is 9.94. The van der Waals surface area contributed by atoms with E-state index in [0.29, 0.717) is 30.6 Å². The number of aromatic nitrogens is 2. The number of aryl methyl sites for hydroxylation is 1. The van der Waals surface area contributed by atoms with Crippen molar-refractivity contribution in [1.29, 1.82) is 0 Å². The van der Waals surface area contributed by atoms with E-state index in [9.17, 15) is 4.79 Å². The van der Waals surface area contributed by atoms with Gasteiger partial charge < -0.3 is 5.32 Å². The zero-order valence-corrected chi connectivity index (χ0v) is 8.86. The van der Waals surface area contributed by atoms with Gasteiger partial charge in [0.05, 0.1) is 0 Å². The topological polar surface area (TPSA) is 54.9 Å². The van der Waals surface area contributed by atoms with E-state index >= 15 is 0 Å². The first kappa shape index (κ1) is 10.1. The third-order valence-corrected chi connectivity index (χ3v) is 2.66. The molecule has 0 spiro atoms. The molecule has 4 heteroatoms. The Balaban J connectivity index is 1.91. The fourth-order valence-electron chi connectivity index (χ4n) is 1.73. The van der Waals surface area contributed by atoms with Crippen LogP contribution in [0.2, 0.25) is 0 Å². The maximum Gasteiger partial charge on any atom is 0.222 e. The van der Waals surface area contributed by atoms with Crippen molar-refractivity contribution in [3.8, 4) is 0 Å². The fraction of sp³-hybridized carbons (Fsp3) is 0.545. The maximum atomic E-state index is 11.0. The molecule has 2 rings (SSSR count). The number of ketones is 1. The Morgan fingerprint density at radius 3 is 2.47 bits per heavy atom. The predicted octanol–water partition coefficient (Wildman–Crippen LogP) is 1.71. The quantitative estimate of drug-likeness (QED) is 0.798. The number of Topliss-reactive ketones (excluding diaryl/α,β-unsaturated/α-hetero) is 1. The maximum absolute atomic E-state index is 11.0. The molecule has 1 aromatic heterocycles. The zero-order valence-electron chi connectivity index (χ0n) is 8.86. The molecule has 1 fully saturated rings. The molecule has 1 saturated carbocycles. The molecule has 0 aliphatic heterocycles. The summed E-state index contributed by atoms with van der Waals surface area (Å²) in [6, 6.07) is 0.352. The van der Waals surface area contributed by atoms with Crippen LogP contribution in [0.25, 0.3) is 0 Å². The lowest BCUT2D eigenvalue weighted by Gasteiger charge is -2.21. The van der Waals surface area contributed by atoms with E-state index in [-0.39, 0.29) is 0 Å². The molecule has 1 aliphatic carbocycles. The van der Waals surface area contributed by atoms with Crippen LogP contribution in [0.15, 0.2) is 12.4 Å². The molecule has 4 nitrogen and oxygen atoms in total. The van der Waals surface area contributed by atoms with Crippen LogP contribution >= 0.6 is 0 Å². The van der Waals surface area contributed by atoms with Crippen molar-refractivity contribution in [1.82, 2.24) is 9.97 Å². The van der Waals surface area contributed by atoms with Crippen LogP contribution in [0.5, 0.6) is 0 Å². The molecular formula is C11H15N3O. The van der Waals surface area contributed by atoms with Crippen LogP contribution in [0.3, 0.4) is 0 Å². The van der Waals surface area contributed by atoms with E-state index in [0.717, 1.165) is 18.4 Å². The molecule has 0 atom stereocenters. The Kier molecular flexibility index (Phi) is 2.94. The summed E-state index contributed by atoms with van der Waals surface area (Å²) >= 11 is 0. The van der Waals surface area contributed by atoms with Gasteiger partial charge in [0.1, 0.15) is 5.78 Å². The van der Waals surface area contributed by atoms with E-state index in [1.54, 1.807) is 12.4 Å². The predicted molar refractivity (Wildman–Crippen MR) is 57.7 cm³/mol. The normalized spacial score (nSPS) is 17.8. The Morgan fingerprint density at radius 1 is 1.27 bits per heavy atom. The highest BCUT2D eigenvalue weighted by molar-refractivity contribution is 5.79. The van der Waals surface area contributed by atoms with Crippen molar-refractivity contribution in [2.75, 3.05) is 5.32 Å². The number of nitrogens with one attached hydrogen (secondary N) is 1. The van der Waals surface area contributed by atoms with Gasteiger partial charge in [-0.05, 0) is 25.3 Å². The summed E-state index contributed by atoms with van der Waals surface area (Å²) in [7, 11) is 0. The standard InChI is InChI=1S/C11H15N3O/c1-8-6-12-11(13-7-8)14-9-2-4-10(15)5-3-9/h6-7,9H,2-5H2,1H3,(H,12,13,14). The number of carbonyl (C=O) groups excluding carboxylic acids is 1. The van der Waals surface area contributed by atoms with Crippen LogP contribution in [-0.4, -0.2) is 21.8 Å². The van der Waals surface area contributed by atoms with E-state index in [1.165, 1.54) is 0 Å². The summed E-state index contributed by atoms with van der Waals surface area (Å²) in [5, 5.41) is 3.25. The van der Waals surface area contributed by atoms with Gasteiger partial charge in [0.2, 0.25) is 5.95 Å². The number of anilines is 1. The van der Waals surface area contributed by atoms with Gasteiger partial charge in [-0.1, -0.05) is 0 Å². The summed E-state index contributed by atoms with van der Waals surface area (Å²) in [5.74, 6) is 1.04. The second-order valence-corrected chi connectivity index (χ2v) is 4.04. The van der Waals surface area contributed by atoms with Gasteiger partial charge in [0.25, 0.3) is 0 Å². The summed E-state index contributed by atoms with van der Waals surface area (Å²) in [4.78, 5) is 19.4. The minimum absolute atomic E-state index is 0.352. The molecule has 0 saturated heterocycles. The average Bonchev–Trinajstić information content (AvgIpc) is 2.25. The van der Waals surface area contributed by atoms with E-state index < -0.39 is 0 Å².